The predicted octanol–water partition coefficient (Wildman–Crippen LogP) is 3.65. The molecular weight excluding hydrogens is 356 g/mol. The summed E-state index contributed by atoms with van der Waals surface area (Å²) < 4.78 is 6.78. The fourth-order valence-corrected chi connectivity index (χ4v) is 2.43. The molecule has 1 aromatic carbocycles. The first-order valence-electron chi connectivity index (χ1n) is 8.50. The summed E-state index contributed by atoms with van der Waals surface area (Å²) in [5.41, 5.74) is 1.50. The highest BCUT2D eigenvalue weighted by Crippen LogP contribution is 2.18. The first kappa shape index (κ1) is 17.2. The molecule has 4 aromatic rings. The Morgan fingerprint density at radius 3 is 2.54 bits per heavy atom. The number of rotatable bonds is 6. The van der Waals surface area contributed by atoms with Crippen molar-refractivity contribution >= 4 is 29.2 Å². The molecular formula is C20H16N6O2. The molecule has 1 amide bonds. The molecule has 4 rings (SSSR count). The van der Waals surface area contributed by atoms with Crippen LogP contribution >= 0.6 is 0 Å². The smallest absolute Gasteiger partial charge is 0.248 e. The van der Waals surface area contributed by atoms with Gasteiger partial charge in [-0.1, -0.05) is 0 Å². The summed E-state index contributed by atoms with van der Waals surface area (Å²) in [6, 6.07) is 16.3. The molecule has 0 bridgehead atoms. The lowest BCUT2D eigenvalue weighted by atomic mass is 10.2. The van der Waals surface area contributed by atoms with E-state index in [9.17, 15) is 4.79 Å². The summed E-state index contributed by atoms with van der Waals surface area (Å²) in [5, 5.41) is 18.3. The highest BCUT2D eigenvalue weighted by molar-refractivity contribution is 6.01. The van der Waals surface area contributed by atoms with Crippen LogP contribution in [0.1, 0.15) is 5.76 Å². The monoisotopic (exact) mass is 372 g/mol. The molecule has 3 aromatic heterocycles. The second-order valence-electron chi connectivity index (χ2n) is 5.77. The molecule has 8 nitrogen and oxygen atoms in total. The number of anilines is 3. The molecule has 0 saturated heterocycles. The Balaban J connectivity index is 1.34. The number of aromatic nitrogens is 4. The molecule has 0 fully saturated rings. The van der Waals surface area contributed by atoms with Gasteiger partial charge in [0.15, 0.2) is 11.6 Å². The third-order valence-corrected chi connectivity index (χ3v) is 3.76. The Kier molecular flexibility index (Phi) is 4.92. The van der Waals surface area contributed by atoms with Gasteiger partial charge in [-0.25, -0.2) is 4.68 Å². The minimum Gasteiger partial charge on any atom is -0.465 e. The van der Waals surface area contributed by atoms with Crippen molar-refractivity contribution in [1.29, 1.82) is 0 Å². The highest BCUT2D eigenvalue weighted by atomic mass is 16.3. The molecule has 0 atom stereocenters. The van der Waals surface area contributed by atoms with Crippen molar-refractivity contribution < 1.29 is 9.21 Å². The summed E-state index contributed by atoms with van der Waals surface area (Å²) >= 11 is 0. The Bertz CT molecular complexity index is 1050. The quantitative estimate of drug-likeness (QED) is 0.501. The van der Waals surface area contributed by atoms with Crippen molar-refractivity contribution in [3.05, 3.63) is 85.1 Å². The van der Waals surface area contributed by atoms with E-state index in [1.807, 2.05) is 30.3 Å². The number of amides is 1. The van der Waals surface area contributed by atoms with Gasteiger partial charge >= 0.3 is 0 Å². The fourth-order valence-electron chi connectivity index (χ4n) is 2.43. The largest absolute Gasteiger partial charge is 0.465 e. The average Bonchev–Trinajstić information content (AvgIpc) is 3.43. The van der Waals surface area contributed by atoms with Crippen LogP contribution in [0.15, 0.2) is 83.7 Å². The summed E-state index contributed by atoms with van der Waals surface area (Å²) in [6.45, 7) is 0. The Labute approximate surface area is 160 Å². The molecule has 0 spiro atoms. The number of nitrogens with one attached hydrogen (secondary N) is 2. The van der Waals surface area contributed by atoms with E-state index >= 15 is 0 Å². The van der Waals surface area contributed by atoms with Crippen LogP contribution in [0.4, 0.5) is 17.2 Å². The lowest BCUT2D eigenvalue weighted by Gasteiger charge is -2.07. The molecule has 2 N–H and O–H groups in total. The fraction of sp³-hybridized carbons (Fsp3) is 0. The first-order valence-corrected chi connectivity index (χ1v) is 8.50. The van der Waals surface area contributed by atoms with Crippen LogP contribution < -0.4 is 10.6 Å². The van der Waals surface area contributed by atoms with Crippen molar-refractivity contribution in [2.75, 3.05) is 10.6 Å². The van der Waals surface area contributed by atoms with Crippen molar-refractivity contribution in [3.63, 3.8) is 0 Å². The van der Waals surface area contributed by atoms with Crippen LogP contribution in [0, 0.1) is 0 Å². The number of hydrogen-bond acceptors (Lipinski definition) is 6. The maximum Gasteiger partial charge on any atom is 0.248 e. The maximum absolute atomic E-state index is 11.9. The first-order chi connectivity index (χ1) is 13.8. The van der Waals surface area contributed by atoms with Gasteiger partial charge in [0.2, 0.25) is 5.91 Å². The van der Waals surface area contributed by atoms with Crippen molar-refractivity contribution in [1.82, 2.24) is 20.0 Å². The number of hydrogen-bond donors (Lipinski definition) is 2. The van der Waals surface area contributed by atoms with E-state index < -0.39 is 0 Å². The van der Waals surface area contributed by atoms with Gasteiger partial charge in [-0.05, 0) is 60.7 Å². The lowest BCUT2D eigenvalue weighted by molar-refractivity contribution is -0.111. The zero-order valence-corrected chi connectivity index (χ0v) is 14.7. The number of furan rings is 1. The number of benzene rings is 1. The molecule has 138 valence electrons. The van der Waals surface area contributed by atoms with Crippen LogP contribution in [-0.4, -0.2) is 25.9 Å². The van der Waals surface area contributed by atoms with Crippen molar-refractivity contribution in [2.24, 2.45) is 0 Å². The van der Waals surface area contributed by atoms with Crippen LogP contribution in [0.3, 0.4) is 0 Å². The summed E-state index contributed by atoms with van der Waals surface area (Å²) in [6.07, 6.45) is 8.06. The maximum atomic E-state index is 11.9. The third kappa shape index (κ3) is 4.31. The van der Waals surface area contributed by atoms with Gasteiger partial charge in [-0.15, -0.1) is 10.2 Å². The Morgan fingerprint density at radius 2 is 1.86 bits per heavy atom. The minimum absolute atomic E-state index is 0.239. The Morgan fingerprint density at radius 1 is 1.00 bits per heavy atom. The van der Waals surface area contributed by atoms with E-state index in [2.05, 4.69) is 25.9 Å². The van der Waals surface area contributed by atoms with E-state index in [0.29, 0.717) is 23.1 Å². The van der Waals surface area contributed by atoms with E-state index in [1.165, 1.54) is 6.08 Å². The van der Waals surface area contributed by atoms with Gasteiger partial charge in [0.25, 0.3) is 0 Å². The summed E-state index contributed by atoms with van der Waals surface area (Å²) in [5.74, 6) is 1.62. The van der Waals surface area contributed by atoms with Crippen LogP contribution in [0.25, 0.3) is 11.9 Å². The van der Waals surface area contributed by atoms with E-state index in [4.69, 9.17) is 4.42 Å². The highest BCUT2D eigenvalue weighted by Gasteiger charge is 2.02. The number of carbonyl (C=O) groups is 1. The SMILES string of the molecule is O=C(/C=C/c1ccco1)Nc1ccc(Nc2ccc(-n3cccn3)nn2)cc1. The molecule has 0 aliphatic heterocycles. The van der Waals surface area contributed by atoms with Gasteiger partial charge in [-0.2, -0.15) is 5.10 Å². The molecule has 0 radical (unpaired) electrons. The van der Waals surface area contributed by atoms with Gasteiger partial charge in [-0.3, -0.25) is 4.79 Å². The number of nitrogens with zero attached hydrogens (tertiary/aromatic N) is 4. The minimum atomic E-state index is -0.239. The van der Waals surface area contributed by atoms with Crippen LogP contribution in [-0.2, 0) is 4.79 Å². The van der Waals surface area contributed by atoms with E-state index in [-0.39, 0.29) is 5.91 Å². The summed E-state index contributed by atoms with van der Waals surface area (Å²) in [7, 11) is 0. The second-order valence-corrected chi connectivity index (χ2v) is 5.77. The molecule has 0 saturated carbocycles. The van der Waals surface area contributed by atoms with Gasteiger partial charge < -0.3 is 15.1 Å². The van der Waals surface area contributed by atoms with E-state index in [0.717, 1.165) is 5.69 Å². The predicted molar refractivity (Wildman–Crippen MR) is 105 cm³/mol. The average molecular weight is 372 g/mol. The lowest BCUT2D eigenvalue weighted by Crippen LogP contribution is -2.07. The van der Waals surface area contributed by atoms with Crippen LogP contribution in [0.2, 0.25) is 0 Å². The molecule has 8 heteroatoms. The van der Waals surface area contributed by atoms with Crippen molar-refractivity contribution in [3.8, 4) is 5.82 Å². The zero-order chi connectivity index (χ0) is 19.2. The molecule has 0 unspecified atom stereocenters. The Hall–Kier alpha value is -4.20. The topological polar surface area (TPSA) is 97.9 Å². The van der Waals surface area contributed by atoms with Gasteiger partial charge in [0.05, 0.1) is 6.26 Å². The molecule has 28 heavy (non-hydrogen) atoms. The summed E-state index contributed by atoms with van der Waals surface area (Å²) in [4.78, 5) is 11.9. The standard InChI is InChI=1S/C20H16N6O2/c27-20(11-8-17-3-1-14-28-17)23-16-6-4-15(5-7-16)22-18-9-10-19(25-24-18)26-13-2-12-21-26/h1-14H,(H,22,24)(H,23,27)/b11-8+. The van der Waals surface area contributed by atoms with E-state index in [1.54, 1.807) is 53.7 Å². The molecule has 3 heterocycles. The number of carbonyl (C=O) groups excluding carboxylic acids is 1. The van der Waals surface area contributed by atoms with Gasteiger partial charge in [0, 0.05) is 29.8 Å². The molecule has 0 aliphatic carbocycles. The normalized spacial score (nSPS) is 10.9. The van der Waals surface area contributed by atoms with Gasteiger partial charge in [0.1, 0.15) is 5.76 Å². The molecule has 0 aliphatic rings. The zero-order valence-electron chi connectivity index (χ0n) is 14.7. The third-order valence-electron chi connectivity index (χ3n) is 3.76. The second kappa shape index (κ2) is 8.00. The van der Waals surface area contributed by atoms with Crippen LogP contribution in [0.5, 0.6) is 0 Å². The van der Waals surface area contributed by atoms with Crippen molar-refractivity contribution in [2.45, 2.75) is 0 Å².